The third kappa shape index (κ3) is 1.23. The van der Waals surface area contributed by atoms with Crippen molar-refractivity contribution in [2.24, 2.45) is 5.73 Å². The van der Waals surface area contributed by atoms with Gasteiger partial charge in [0.25, 0.3) is 5.91 Å². The van der Waals surface area contributed by atoms with Gasteiger partial charge in [-0.1, -0.05) is 6.07 Å². The molecule has 1 heterocycles. The first kappa shape index (κ1) is 9.39. The van der Waals surface area contributed by atoms with Crippen molar-refractivity contribution in [2.75, 3.05) is 0 Å². The van der Waals surface area contributed by atoms with Crippen LogP contribution >= 0.6 is 0 Å². The predicted octanol–water partition coefficient (Wildman–Crippen LogP) is 2.21. The second kappa shape index (κ2) is 3.07. The second-order valence-corrected chi connectivity index (χ2v) is 4.18. The fourth-order valence-corrected chi connectivity index (χ4v) is 2.11. The van der Waals surface area contributed by atoms with E-state index in [0.29, 0.717) is 11.4 Å². The van der Waals surface area contributed by atoms with E-state index in [-0.39, 0.29) is 11.4 Å². The van der Waals surface area contributed by atoms with E-state index in [4.69, 9.17) is 5.73 Å². The molecule has 1 fully saturated rings. The number of rotatable bonds is 2. The molecule has 1 aromatic carbocycles. The number of hydrogen-bond acceptors (Lipinski definition) is 1. The van der Waals surface area contributed by atoms with Crippen LogP contribution in [0.4, 0.5) is 4.39 Å². The van der Waals surface area contributed by atoms with E-state index in [1.165, 1.54) is 6.07 Å². The lowest BCUT2D eigenvalue weighted by molar-refractivity contribution is 0.100. The lowest BCUT2D eigenvalue weighted by atomic mass is 10.1. The maximum Gasteiger partial charge on any atom is 0.250 e. The lowest BCUT2D eigenvalue weighted by Crippen LogP contribution is -2.10. The van der Waals surface area contributed by atoms with Gasteiger partial charge in [0.15, 0.2) is 0 Å². The number of aromatic nitrogens is 1. The van der Waals surface area contributed by atoms with Crippen LogP contribution in [0.1, 0.15) is 29.2 Å². The quantitative estimate of drug-likeness (QED) is 0.825. The van der Waals surface area contributed by atoms with Crippen molar-refractivity contribution >= 4 is 16.8 Å². The smallest absolute Gasteiger partial charge is 0.250 e. The molecule has 0 atom stereocenters. The molecular weight excluding hydrogens is 207 g/mol. The molecule has 0 bridgehead atoms. The fraction of sp³-hybridized carbons (Fsp3) is 0.250. The molecule has 0 aliphatic heterocycles. The Balaban J connectivity index is 2.37. The van der Waals surface area contributed by atoms with Crippen LogP contribution in [0.5, 0.6) is 0 Å². The number of carbonyl (C=O) groups is 1. The van der Waals surface area contributed by atoms with Gasteiger partial charge in [0, 0.05) is 17.6 Å². The van der Waals surface area contributed by atoms with E-state index in [9.17, 15) is 9.18 Å². The third-order valence-electron chi connectivity index (χ3n) is 3.01. The van der Waals surface area contributed by atoms with Gasteiger partial charge >= 0.3 is 0 Å². The molecule has 0 spiro atoms. The van der Waals surface area contributed by atoms with E-state index >= 15 is 0 Å². The molecule has 0 radical (unpaired) electrons. The van der Waals surface area contributed by atoms with E-state index in [0.717, 1.165) is 18.4 Å². The largest absolute Gasteiger partial charge is 0.366 e. The number of amides is 1. The van der Waals surface area contributed by atoms with Crippen molar-refractivity contribution in [2.45, 2.75) is 18.9 Å². The van der Waals surface area contributed by atoms with Crippen molar-refractivity contribution < 1.29 is 9.18 Å². The summed E-state index contributed by atoms with van der Waals surface area (Å²) in [6.07, 6.45) is 3.84. The Labute approximate surface area is 91.7 Å². The molecule has 3 nitrogen and oxygen atoms in total. The molecule has 3 rings (SSSR count). The summed E-state index contributed by atoms with van der Waals surface area (Å²) in [6, 6.07) is 5.23. The zero-order chi connectivity index (χ0) is 11.3. The first-order valence-corrected chi connectivity index (χ1v) is 5.27. The molecule has 2 aromatic rings. The number of fused-ring (bicyclic) bond motifs is 1. The number of primary amides is 1. The first-order valence-electron chi connectivity index (χ1n) is 5.27. The predicted molar refractivity (Wildman–Crippen MR) is 58.7 cm³/mol. The third-order valence-corrected chi connectivity index (χ3v) is 3.01. The van der Waals surface area contributed by atoms with E-state index in [1.807, 2.05) is 10.6 Å². The van der Waals surface area contributed by atoms with Crippen molar-refractivity contribution in [3.63, 3.8) is 0 Å². The number of benzene rings is 1. The van der Waals surface area contributed by atoms with Crippen LogP contribution < -0.4 is 5.73 Å². The molecule has 82 valence electrons. The highest BCUT2D eigenvalue weighted by atomic mass is 19.1. The van der Waals surface area contributed by atoms with Crippen molar-refractivity contribution in [1.29, 1.82) is 0 Å². The van der Waals surface area contributed by atoms with Crippen LogP contribution in [0.2, 0.25) is 0 Å². The Bertz CT molecular complexity index is 584. The number of carbonyl (C=O) groups excluding carboxylic acids is 1. The maximum absolute atomic E-state index is 13.7. The number of halogens is 1. The van der Waals surface area contributed by atoms with Crippen LogP contribution in [0.25, 0.3) is 10.9 Å². The zero-order valence-corrected chi connectivity index (χ0v) is 8.61. The van der Waals surface area contributed by atoms with E-state index < -0.39 is 5.91 Å². The summed E-state index contributed by atoms with van der Waals surface area (Å²) in [5.41, 5.74) is 6.30. The average Bonchev–Trinajstić information content (AvgIpc) is 2.99. The number of nitrogens with two attached hydrogens (primary N) is 1. The fourth-order valence-electron chi connectivity index (χ4n) is 2.11. The normalized spacial score (nSPS) is 15.6. The molecule has 1 amide bonds. The molecule has 1 aromatic heterocycles. The Kier molecular flexibility index (Phi) is 1.80. The SMILES string of the molecule is NC(=O)c1cn(C2CC2)c2cccc(F)c12. The highest BCUT2D eigenvalue weighted by Gasteiger charge is 2.27. The van der Waals surface area contributed by atoms with Crippen LogP contribution in [0.3, 0.4) is 0 Å². The minimum atomic E-state index is -0.575. The van der Waals surface area contributed by atoms with Gasteiger partial charge in [-0.25, -0.2) is 4.39 Å². The molecule has 1 aliphatic carbocycles. The van der Waals surface area contributed by atoms with Gasteiger partial charge in [-0.15, -0.1) is 0 Å². The van der Waals surface area contributed by atoms with Gasteiger partial charge in [-0.05, 0) is 25.0 Å². The summed E-state index contributed by atoms with van der Waals surface area (Å²) in [5.74, 6) is -0.958. The molecule has 0 saturated heterocycles. The second-order valence-electron chi connectivity index (χ2n) is 4.18. The highest BCUT2D eigenvalue weighted by molar-refractivity contribution is 6.06. The molecule has 4 heteroatoms. The summed E-state index contributed by atoms with van der Waals surface area (Å²) in [4.78, 5) is 11.3. The van der Waals surface area contributed by atoms with Gasteiger partial charge in [0.05, 0.1) is 11.1 Å². The molecule has 1 aliphatic rings. The lowest BCUT2D eigenvalue weighted by Gasteiger charge is -2.01. The van der Waals surface area contributed by atoms with Crippen LogP contribution in [0.15, 0.2) is 24.4 Å². The Hall–Kier alpha value is -1.84. The van der Waals surface area contributed by atoms with Gasteiger partial charge in [-0.3, -0.25) is 4.79 Å². The van der Waals surface area contributed by atoms with E-state index in [2.05, 4.69) is 0 Å². The zero-order valence-electron chi connectivity index (χ0n) is 8.61. The average molecular weight is 218 g/mol. The standard InChI is InChI=1S/C12H11FN2O/c13-9-2-1-3-10-11(9)8(12(14)16)6-15(10)7-4-5-7/h1-3,6-7H,4-5H2,(H2,14,16). The van der Waals surface area contributed by atoms with Crippen LogP contribution in [0, 0.1) is 5.82 Å². The van der Waals surface area contributed by atoms with Gasteiger partial charge in [-0.2, -0.15) is 0 Å². The Morgan fingerprint density at radius 2 is 2.19 bits per heavy atom. The summed E-state index contributed by atoms with van der Waals surface area (Å²) in [6.45, 7) is 0. The monoisotopic (exact) mass is 218 g/mol. The number of hydrogen-bond donors (Lipinski definition) is 1. The van der Waals surface area contributed by atoms with E-state index in [1.54, 1.807) is 12.3 Å². The van der Waals surface area contributed by atoms with Crippen LogP contribution in [-0.4, -0.2) is 10.5 Å². The molecule has 1 saturated carbocycles. The minimum Gasteiger partial charge on any atom is -0.366 e. The molecular formula is C12H11FN2O. The number of nitrogens with zero attached hydrogens (tertiary/aromatic N) is 1. The summed E-state index contributed by atoms with van der Waals surface area (Å²) in [5, 5.41) is 0.349. The highest BCUT2D eigenvalue weighted by Crippen LogP contribution is 2.39. The topological polar surface area (TPSA) is 48.0 Å². The van der Waals surface area contributed by atoms with Crippen molar-refractivity contribution in [3.8, 4) is 0 Å². The molecule has 2 N–H and O–H groups in total. The van der Waals surface area contributed by atoms with Crippen LogP contribution in [-0.2, 0) is 0 Å². The summed E-state index contributed by atoms with van der Waals surface area (Å²) < 4.78 is 15.6. The van der Waals surface area contributed by atoms with Gasteiger partial charge in [0.1, 0.15) is 5.82 Å². The molecule has 0 unspecified atom stereocenters. The maximum atomic E-state index is 13.7. The van der Waals surface area contributed by atoms with Gasteiger partial charge in [0.2, 0.25) is 0 Å². The molecule has 16 heavy (non-hydrogen) atoms. The van der Waals surface area contributed by atoms with Crippen molar-refractivity contribution in [3.05, 3.63) is 35.8 Å². The summed E-state index contributed by atoms with van der Waals surface area (Å²) >= 11 is 0. The first-order chi connectivity index (χ1) is 7.68. The van der Waals surface area contributed by atoms with Crippen molar-refractivity contribution in [1.82, 2.24) is 4.57 Å². The minimum absolute atomic E-state index is 0.278. The Morgan fingerprint density at radius 3 is 2.81 bits per heavy atom. The Morgan fingerprint density at radius 1 is 1.44 bits per heavy atom. The van der Waals surface area contributed by atoms with Gasteiger partial charge < -0.3 is 10.3 Å². The summed E-state index contributed by atoms with van der Waals surface area (Å²) in [7, 11) is 0.